The monoisotopic (exact) mass is 244 g/mol. The fraction of sp³-hybridized carbons (Fsp3) is 0.625. The molecule has 0 aliphatic heterocycles. The van der Waals surface area contributed by atoms with E-state index < -0.39 is 0 Å². The van der Waals surface area contributed by atoms with Crippen LogP contribution >= 0.6 is 0 Å². The van der Waals surface area contributed by atoms with Gasteiger partial charge in [-0.1, -0.05) is 36.8 Å². The topological polar surface area (TPSA) is 29.3 Å². The molecule has 2 aliphatic carbocycles. The third kappa shape index (κ3) is 2.45. The van der Waals surface area contributed by atoms with E-state index in [9.17, 15) is 0 Å². The molecule has 18 heavy (non-hydrogen) atoms. The van der Waals surface area contributed by atoms with Crippen molar-refractivity contribution in [2.75, 3.05) is 13.1 Å². The summed E-state index contributed by atoms with van der Waals surface area (Å²) in [7, 11) is 0. The molecule has 0 radical (unpaired) electrons. The Labute approximate surface area is 110 Å². The smallest absolute Gasteiger partial charge is 0.0237 e. The van der Waals surface area contributed by atoms with Crippen LogP contribution in [0.3, 0.4) is 0 Å². The summed E-state index contributed by atoms with van der Waals surface area (Å²) >= 11 is 0. The molecule has 0 heterocycles. The van der Waals surface area contributed by atoms with Gasteiger partial charge in [-0.25, -0.2) is 0 Å². The lowest BCUT2D eigenvalue weighted by Gasteiger charge is -2.34. The van der Waals surface area contributed by atoms with Crippen LogP contribution in [-0.4, -0.2) is 24.0 Å². The maximum Gasteiger partial charge on any atom is 0.0237 e. The van der Waals surface area contributed by atoms with Crippen LogP contribution in [0.2, 0.25) is 0 Å². The normalized spacial score (nSPS) is 30.2. The first kappa shape index (κ1) is 12.2. The van der Waals surface area contributed by atoms with Crippen molar-refractivity contribution in [2.45, 2.75) is 38.3 Å². The first-order chi connectivity index (χ1) is 8.86. The van der Waals surface area contributed by atoms with Crippen LogP contribution in [0, 0.1) is 11.8 Å². The first-order valence-electron chi connectivity index (χ1n) is 7.35. The molecule has 1 aromatic rings. The zero-order chi connectivity index (χ0) is 12.4. The van der Waals surface area contributed by atoms with Crippen LogP contribution in [0.1, 0.15) is 31.2 Å². The second-order valence-corrected chi connectivity index (χ2v) is 5.99. The van der Waals surface area contributed by atoms with E-state index in [1.165, 1.54) is 31.2 Å². The summed E-state index contributed by atoms with van der Waals surface area (Å²) in [5.41, 5.74) is 7.23. The first-order valence-corrected chi connectivity index (χ1v) is 7.35. The van der Waals surface area contributed by atoms with Crippen molar-refractivity contribution in [2.24, 2.45) is 17.6 Å². The largest absolute Gasteiger partial charge is 0.329 e. The highest BCUT2D eigenvalue weighted by Gasteiger charge is 2.41. The molecule has 2 aliphatic rings. The van der Waals surface area contributed by atoms with Crippen molar-refractivity contribution in [3.63, 3.8) is 0 Å². The van der Waals surface area contributed by atoms with Crippen LogP contribution in [-0.2, 0) is 6.54 Å². The Morgan fingerprint density at radius 3 is 2.56 bits per heavy atom. The van der Waals surface area contributed by atoms with Gasteiger partial charge in [-0.3, -0.25) is 4.90 Å². The van der Waals surface area contributed by atoms with E-state index in [0.29, 0.717) is 0 Å². The third-order valence-corrected chi connectivity index (χ3v) is 4.81. The van der Waals surface area contributed by atoms with Gasteiger partial charge in [0.25, 0.3) is 0 Å². The summed E-state index contributed by atoms with van der Waals surface area (Å²) in [5.74, 6) is 1.96. The molecule has 3 unspecified atom stereocenters. The Balaban J connectivity index is 1.68. The van der Waals surface area contributed by atoms with Gasteiger partial charge in [-0.15, -0.1) is 0 Å². The number of nitrogens with two attached hydrogens (primary N) is 1. The number of rotatable bonds is 5. The zero-order valence-corrected chi connectivity index (χ0v) is 11.1. The quantitative estimate of drug-likeness (QED) is 0.862. The molecular weight excluding hydrogens is 220 g/mol. The van der Waals surface area contributed by atoms with Crippen molar-refractivity contribution in [1.29, 1.82) is 0 Å². The van der Waals surface area contributed by atoms with Crippen molar-refractivity contribution < 1.29 is 0 Å². The summed E-state index contributed by atoms with van der Waals surface area (Å²) in [6, 6.07) is 11.6. The predicted octanol–water partition coefficient (Wildman–Crippen LogP) is 2.64. The highest BCUT2D eigenvalue weighted by atomic mass is 15.2. The van der Waals surface area contributed by atoms with Gasteiger partial charge in [0.1, 0.15) is 0 Å². The Morgan fingerprint density at radius 1 is 1.11 bits per heavy atom. The molecular formula is C16H24N2. The number of hydrogen-bond acceptors (Lipinski definition) is 2. The minimum absolute atomic E-state index is 0.778. The van der Waals surface area contributed by atoms with Crippen molar-refractivity contribution >= 4 is 0 Å². The van der Waals surface area contributed by atoms with E-state index in [1.54, 1.807) is 0 Å². The number of hydrogen-bond donors (Lipinski definition) is 1. The standard InChI is InChI=1S/C16H24N2/c17-8-9-18(12-13-4-2-1-3-5-13)16-11-14-6-7-15(16)10-14/h1-5,14-16H,6-12,17H2. The van der Waals surface area contributed by atoms with Gasteiger partial charge in [-0.2, -0.15) is 0 Å². The zero-order valence-electron chi connectivity index (χ0n) is 11.1. The Hall–Kier alpha value is -0.860. The van der Waals surface area contributed by atoms with E-state index in [2.05, 4.69) is 35.2 Å². The second-order valence-electron chi connectivity index (χ2n) is 5.99. The SMILES string of the molecule is NCCN(Cc1ccccc1)C1CC2CCC1C2. The van der Waals surface area contributed by atoms with Crippen LogP contribution in [0.5, 0.6) is 0 Å². The molecule has 3 rings (SSSR count). The molecule has 1 aromatic carbocycles. The van der Waals surface area contributed by atoms with Gasteiger partial charge in [0.15, 0.2) is 0 Å². The Kier molecular flexibility index (Phi) is 3.67. The molecule has 98 valence electrons. The fourth-order valence-electron chi connectivity index (χ4n) is 4.00. The van der Waals surface area contributed by atoms with Crippen LogP contribution in [0.15, 0.2) is 30.3 Å². The summed E-state index contributed by atoms with van der Waals surface area (Å²) in [4.78, 5) is 2.64. The summed E-state index contributed by atoms with van der Waals surface area (Å²) in [6.07, 6.45) is 5.81. The van der Waals surface area contributed by atoms with Gasteiger partial charge in [0.05, 0.1) is 0 Å². The maximum absolute atomic E-state index is 5.81. The van der Waals surface area contributed by atoms with Crippen LogP contribution in [0.4, 0.5) is 0 Å². The van der Waals surface area contributed by atoms with Crippen molar-refractivity contribution in [3.05, 3.63) is 35.9 Å². The molecule has 0 amide bonds. The third-order valence-electron chi connectivity index (χ3n) is 4.81. The van der Waals surface area contributed by atoms with E-state index in [0.717, 1.165) is 37.5 Å². The molecule has 0 aromatic heterocycles. The molecule has 0 spiro atoms. The number of benzene rings is 1. The maximum atomic E-state index is 5.81. The van der Waals surface area contributed by atoms with E-state index in [1.807, 2.05) is 0 Å². The second kappa shape index (κ2) is 5.41. The molecule has 2 fully saturated rings. The minimum Gasteiger partial charge on any atom is -0.329 e. The molecule has 2 N–H and O–H groups in total. The average molecular weight is 244 g/mol. The van der Waals surface area contributed by atoms with Crippen molar-refractivity contribution in [1.82, 2.24) is 4.90 Å². The summed E-state index contributed by atoms with van der Waals surface area (Å²) in [6.45, 7) is 2.90. The molecule has 2 saturated carbocycles. The predicted molar refractivity (Wildman–Crippen MR) is 75.1 cm³/mol. The van der Waals surface area contributed by atoms with Gasteiger partial charge in [0, 0.05) is 25.7 Å². The molecule has 0 saturated heterocycles. The molecule has 2 nitrogen and oxygen atoms in total. The lowest BCUT2D eigenvalue weighted by Crippen LogP contribution is -2.41. The molecule has 2 heteroatoms. The number of fused-ring (bicyclic) bond motifs is 2. The highest BCUT2D eigenvalue weighted by Crippen LogP contribution is 2.46. The van der Waals surface area contributed by atoms with E-state index in [-0.39, 0.29) is 0 Å². The van der Waals surface area contributed by atoms with Gasteiger partial charge < -0.3 is 5.73 Å². The highest BCUT2D eigenvalue weighted by molar-refractivity contribution is 5.15. The summed E-state index contributed by atoms with van der Waals surface area (Å²) in [5, 5.41) is 0. The van der Waals surface area contributed by atoms with E-state index >= 15 is 0 Å². The van der Waals surface area contributed by atoms with Crippen molar-refractivity contribution in [3.8, 4) is 0 Å². The lowest BCUT2D eigenvalue weighted by atomic mass is 9.93. The fourth-order valence-corrected chi connectivity index (χ4v) is 4.00. The average Bonchev–Trinajstić information content (AvgIpc) is 3.02. The Morgan fingerprint density at radius 2 is 1.94 bits per heavy atom. The molecule has 2 bridgehead atoms. The van der Waals surface area contributed by atoms with Gasteiger partial charge in [-0.05, 0) is 36.7 Å². The van der Waals surface area contributed by atoms with Crippen LogP contribution in [0.25, 0.3) is 0 Å². The van der Waals surface area contributed by atoms with Crippen LogP contribution < -0.4 is 5.73 Å². The molecule has 3 atom stereocenters. The lowest BCUT2D eigenvalue weighted by molar-refractivity contribution is 0.138. The van der Waals surface area contributed by atoms with Gasteiger partial charge >= 0.3 is 0 Å². The Bertz CT molecular complexity index is 376. The summed E-state index contributed by atoms with van der Waals surface area (Å²) < 4.78 is 0. The number of nitrogens with zero attached hydrogens (tertiary/aromatic N) is 1. The van der Waals surface area contributed by atoms with E-state index in [4.69, 9.17) is 5.73 Å². The minimum atomic E-state index is 0.778. The van der Waals surface area contributed by atoms with Gasteiger partial charge in [0.2, 0.25) is 0 Å².